The molecule has 0 aliphatic rings. The second-order valence-corrected chi connectivity index (χ2v) is 12.3. The molecule has 0 bridgehead atoms. The number of para-hydroxylation sites is 2. The molecule has 0 unspecified atom stereocenters. The van der Waals surface area contributed by atoms with Crippen molar-refractivity contribution in [2.75, 3.05) is 0 Å². The van der Waals surface area contributed by atoms with Crippen molar-refractivity contribution in [1.82, 2.24) is 9.38 Å². The summed E-state index contributed by atoms with van der Waals surface area (Å²) < 4.78 is 8.82. The van der Waals surface area contributed by atoms with Crippen molar-refractivity contribution in [3.8, 4) is 11.3 Å². The van der Waals surface area contributed by atoms with E-state index in [0.29, 0.717) is 0 Å². The zero-order chi connectivity index (χ0) is 32.7. The summed E-state index contributed by atoms with van der Waals surface area (Å²) in [6, 6.07) is 33.1. The second-order valence-electron chi connectivity index (χ2n) is 12.3. The first-order valence-electron chi connectivity index (χ1n) is 16.8. The molecule has 0 aliphatic heterocycles. The minimum Gasteiger partial charge on any atom is -0.512 e. The van der Waals surface area contributed by atoms with Crippen LogP contribution in [-0.4, -0.2) is 20.3 Å². The van der Waals surface area contributed by atoms with Crippen LogP contribution in [0.2, 0.25) is 0 Å². The molecule has 4 aromatic carbocycles. The summed E-state index contributed by atoms with van der Waals surface area (Å²) in [6.45, 7) is 8.07. The molecule has 8 aromatic rings. The van der Waals surface area contributed by atoms with E-state index in [0.717, 1.165) is 69.8 Å². The third-order valence-electron chi connectivity index (χ3n) is 9.74. The zero-order valence-electron chi connectivity index (χ0n) is 27.7. The number of pyridine rings is 1. The molecule has 0 atom stereocenters. The van der Waals surface area contributed by atoms with E-state index in [9.17, 15) is 9.90 Å². The number of hydrogen-bond donors (Lipinski definition) is 1. The van der Waals surface area contributed by atoms with Gasteiger partial charge in [0.15, 0.2) is 11.4 Å². The number of hydrogen-bond acceptors (Lipinski definition) is 4. The SMILES string of the molecule is CCC(CC)C(=O)/C=C(\O)C(CC)CC.[Ir].[c-]1c(-c2nccc3oc4c5cccc6c7ccccc7n(c65)c4c23)ccc2ccccc12. The molecule has 0 aliphatic carbocycles. The Morgan fingerprint density at radius 1 is 0.812 bits per heavy atom. The molecule has 1 N–H and O–H groups in total. The van der Waals surface area contributed by atoms with Gasteiger partial charge in [-0.25, -0.2) is 0 Å². The first-order valence-corrected chi connectivity index (χ1v) is 16.8. The number of aliphatic hydroxyl groups is 1. The van der Waals surface area contributed by atoms with Crippen LogP contribution >= 0.6 is 0 Å². The number of carbonyl (C=O) groups excluding carboxylic acids is 1. The molecule has 0 spiro atoms. The van der Waals surface area contributed by atoms with Gasteiger partial charge in [-0.2, -0.15) is 0 Å². The molecule has 1 radical (unpaired) electrons. The summed E-state index contributed by atoms with van der Waals surface area (Å²) in [6.07, 6.45) is 6.73. The Hall–Kier alpha value is -4.51. The van der Waals surface area contributed by atoms with Gasteiger partial charge in [0, 0.05) is 71.5 Å². The fourth-order valence-corrected chi connectivity index (χ4v) is 7.10. The molecule has 6 heteroatoms. The van der Waals surface area contributed by atoms with Gasteiger partial charge in [-0.3, -0.25) is 9.78 Å². The number of aromatic nitrogens is 2. The third-order valence-corrected chi connectivity index (χ3v) is 9.74. The average Bonchev–Trinajstić information content (AvgIpc) is 3.75. The number of ketones is 1. The van der Waals surface area contributed by atoms with E-state index in [4.69, 9.17) is 9.40 Å². The number of carbonyl (C=O) groups is 1. The monoisotopic (exact) mass is 812 g/mol. The molecule has 0 saturated heterocycles. The number of benzene rings is 4. The number of nitrogens with zero attached hydrogens (tertiary/aromatic N) is 2. The van der Waals surface area contributed by atoms with Gasteiger partial charge in [-0.1, -0.05) is 87.2 Å². The first kappa shape index (κ1) is 33.4. The largest absolute Gasteiger partial charge is 0.512 e. The Bertz CT molecular complexity index is 2410. The summed E-state index contributed by atoms with van der Waals surface area (Å²) in [7, 11) is 0. The van der Waals surface area contributed by atoms with E-state index in [-0.39, 0.29) is 43.5 Å². The zero-order valence-corrected chi connectivity index (χ0v) is 30.1. The van der Waals surface area contributed by atoms with Crippen LogP contribution in [0.1, 0.15) is 53.4 Å². The van der Waals surface area contributed by atoms with Crippen LogP contribution in [0.15, 0.2) is 107 Å². The van der Waals surface area contributed by atoms with Gasteiger partial charge in [-0.15, -0.1) is 29.7 Å². The van der Waals surface area contributed by atoms with Gasteiger partial charge in [0.1, 0.15) is 5.58 Å². The topological polar surface area (TPSA) is 67.7 Å². The van der Waals surface area contributed by atoms with Gasteiger partial charge in [0.2, 0.25) is 0 Å². The normalized spacial score (nSPS) is 12.2. The molecular formula is C42H39IrN2O3-. The van der Waals surface area contributed by atoms with E-state index in [1.165, 1.54) is 33.3 Å². The van der Waals surface area contributed by atoms with E-state index in [2.05, 4.69) is 83.3 Å². The van der Waals surface area contributed by atoms with Crippen molar-refractivity contribution in [3.63, 3.8) is 0 Å². The van der Waals surface area contributed by atoms with Gasteiger partial charge >= 0.3 is 0 Å². The third kappa shape index (κ3) is 5.57. The van der Waals surface area contributed by atoms with E-state index < -0.39 is 0 Å². The van der Waals surface area contributed by atoms with Gasteiger partial charge in [0.25, 0.3) is 0 Å². The fraction of sp³-hybridized carbons (Fsp3) is 0.238. The van der Waals surface area contributed by atoms with Crippen LogP contribution in [0.5, 0.6) is 0 Å². The molecular weight excluding hydrogens is 773 g/mol. The Labute approximate surface area is 294 Å². The van der Waals surface area contributed by atoms with Crippen molar-refractivity contribution in [2.24, 2.45) is 11.8 Å². The molecule has 245 valence electrons. The second kappa shape index (κ2) is 13.9. The number of furan rings is 1. The quantitative estimate of drug-likeness (QED) is 0.0943. The molecule has 4 heterocycles. The van der Waals surface area contributed by atoms with Crippen molar-refractivity contribution in [3.05, 3.63) is 109 Å². The molecule has 5 nitrogen and oxygen atoms in total. The van der Waals surface area contributed by atoms with Crippen LogP contribution in [0.25, 0.3) is 71.3 Å². The van der Waals surface area contributed by atoms with Crippen molar-refractivity contribution in [1.29, 1.82) is 0 Å². The van der Waals surface area contributed by atoms with E-state index in [1.54, 1.807) is 0 Å². The van der Waals surface area contributed by atoms with Crippen LogP contribution in [-0.2, 0) is 24.9 Å². The van der Waals surface area contributed by atoms with Crippen molar-refractivity contribution < 1.29 is 34.4 Å². The summed E-state index contributed by atoms with van der Waals surface area (Å²) in [5.74, 6) is 0.547. The number of fused-ring (bicyclic) bond motifs is 9. The van der Waals surface area contributed by atoms with E-state index in [1.807, 2.05) is 46.0 Å². The number of aliphatic hydroxyl groups excluding tert-OH is 1. The molecule has 8 rings (SSSR count). The average molecular weight is 812 g/mol. The summed E-state index contributed by atoms with van der Waals surface area (Å²) in [5, 5.41) is 16.7. The van der Waals surface area contributed by atoms with Crippen LogP contribution in [0.3, 0.4) is 0 Å². The number of allylic oxidation sites excluding steroid dienone is 2. The van der Waals surface area contributed by atoms with E-state index >= 15 is 0 Å². The Balaban J connectivity index is 0.000000217. The first-order chi connectivity index (χ1) is 23.0. The van der Waals surface area contributed by atoms with Crippen LogP contribution in [0, 0.1) is 17.9 Å². The molecule has 48 heavy (non-hydrogen) atoms. The molecule has 0 amide bonds. The predicted octanol–water partition coefficient (Wildman–Crippen LogP) is 11.5. The Morgan fingerprint density at radius 2 is 1.50 bits per heavy atom. The summed E-state index contributed by atoms with van der Waals surface area (Å²) in [5.41, 5.74) is 7.12. The van der Waals surface area contributed by atoms with Crippen molar-refractivity contribution in [2.45, 2.75) is 53.4 Å². The Morgan fingerprint density at radius 3 is 2.27 bits per heavy atom. The smallest absolute Gasteiger partial charge is 0.162 e. The van der Waals surface area contributed by atoms with Gasteiger partial charge < -0.3 is 13.9 Å². The maximum atomic E-state index is 11.7. The van der Waals surface area contributed by atoms with Gasteiger partial charge in [-0.05, 0) is 43.9 Å². The summed E-state index contributed by atoms with van der Waals surface area (Å²) in [4.78, 5) is 16.5. The van der Waals surface area contributed by atoms with Gasteiger partial charge in [0.05, 0.1) is 22.3 Å². The number of rotatable bonds is 8. The summed E-state index contributed by atoms with van der Waals surface area (Å²) >= 11 is 0. The minimum absolute atomic E-state index is 0. The molecule has 4 aromatic heterocycles. The molecule has 0 saturated carbocycles. The Kier molecular flexibility index (Phi) is 9.68. The molecule has 0 fully saturated rings. The minimum atomic E-state index is 0. The van der Waals surface area contributed by atoms with Crippen molar-refractivity contribution >= 4 is 65.8 Å². The van der Waals surface area contributed by atoms with Crippen LogP contribution < -0.4 is 0 Å². The standard InChI is InChI=1S/C29H15N2O.C13H24O2.Ir/c1-2-7-18-16-19(13-12-17(18)6-1)26-25-24(14-15-30-26)32-29-22-10-5-9-21-20-8-3-4-11-23(20)31(27(21)22)28(25)29;1-5-10(6-2)12(14)9-13(15)11(7-3)8-4;/h1-15H;9-11,14H,5-8H2,1-4H3;/q-1;;/b;12-9-;. The fourth-order valence-electron chi connectivity index (χ4n) is 7.10. The van der Waals surface area contributed by atoms with Crippen LogP contribution in [0.4, 0.5) is 0 Å². The maximum Gasteiger partial charge on any atom is 0.162 e. The maximum absolute atomic E-state index is 11.7. The predicted molar refractivity (Wildman–Crippen MR) is 194 cm³/mol.